The average Bonchev–Trinajstić information content (AvgIpc) is 3.29. The molecular weight excluding hydrogens is 408 g/mol. The second-order valence-electron chi connectivity index (χ2n) is 6.94. The molecule has 4 rings (SSSR count). The van der Waals surface area contributed by atoms with Crippen LogP contribution in [0.25, 0.3) is 5.76 Å². The molecule has 6 nitrogen and oxygen atoms in total. The lowest BCUT2D eigenvalue weighted by molar-refractivity contribution is -0.132. The second kappa shape index (κ2) is 7.71. The third-order valence-corrected chi connectivity index (χ3v) is 5.01. The minimum absolute atomic E-state index is 0.149. The lowest BCUT2D eigenvalue weighted by Gasteiger charge is -2.23. The zero-order valence-electron chi connectivity index (χ0n) is 16.6. The number of Topliss-reactive ketones (excluding diaryl/α,β-unsaturated/α-hetero) is 1. The Labute approximate surface area is 176 Å². The molecule has 1 saturated heterocycles. The molecule has 8 heteroatoms. The number of ketones is 1. The van der Waals surface area contributed by atoms with E-state index < -0.39 is 35.1 Å². The Bertz CT molecular complexity index is 1210. The number of anilines is 1. The summed E-state index contributed by atoms with van der Waals surface area (Å²) < 4.78 is 38.7. The van der Waals surface area contributed by atoms with E-state index in [1.54, 1.807) is 25.1 Å². The Kier molecular flexibility index (Phi) is 5.06. The molecule has 1 aliphatic rings. The summed E-state index contributed by atoms with van der Waals surface area (Å²) in [6, 6.07) is 10.8. The maximum Gasteiger partial charge on any atom is 0.300 e. The minimum atomic E-state index is -1.24. The molecule has 1 atom stereocenters. The fraction of sp³-hybridized carbons (Fsp3) is 0.130. The SMILES string of the molecule is COc1ccc(/C(O)=C2/C(=O)C(=O)N(c3ccc(F)cc3F)C2c2ccc(C)o2)cc1. The molecule has 0 saturated carbocycles. The van der Waals surface area contributed by atoms with E-state index in [1.807, 2.05) is 0 Å². The van der Waals surface area contributed by atoms with Crippen molar-refractivity contribution in [3.05, 3.63) is 88.9 Å². The van der Waals surface area contributed by atoms with Crippen LogP contribution in [0, 0.1) is 18.6 Å². The molecule has 158 valence electrons. The van der Waals surface area contributed by atoms with Crippen molar-refractivity contribution >= 4 is 23.1 Å². The van der Waals surface area contributed by atoms with Gasteiger partial charge in [0, 0.05) is 11.6 Å². The normalized spacial score (nSPS) is 17.9. The largest absolute Gasteiger partial charge is 0.507 e. The highest BCUT2D eigenvalue weighted by Gasteiger charge is 2.49. The maximum absolute atomic E-state index is 14.6. The minimum Gasteiger partial charge on any atom is -0.507 e. The Balaban J connectivity index is 1.93. The molecule has 0 bridgehead atoms. The summed E-state index contributed by atoms with van der Waals surface area (Å²) in [5, 5.41) is 10.9. The smallest absolute Gasteiger partial charge is 0.300 e. The van der Waals surface area contributed by atoms with Crippen molar-refractivity contribution in [2.24, 2.45) is 0 Å². The summed E-state index contributed by atoms with van der Waals surface area (Å²) in [5.74, 6) is -3.23. The first-order valence-corrected chi connectivity index (χ1v) is 9.28. The third kappa shape index (κ3) is 3.46. The van der Waals surface area contributed by atoms with E-state index >= 15 is 0 Å². The first-order valence-electron chi connectivity index (χ1n) is 9.28. The van der Waals surface area contributed by atoms with Gasteiger partial charge in [0.1, 0.15) is 40.7 Å². The Morgan fingerprint density at radius 2 is 1.77 bits per heavy atom. The van der Waals surface area contributed by atoms with E-state index in [1.165, 1.54) is 25.3 Å². The predicted molar refractivity (Wildman–Crippen MR) is 108 cm³/mol. The lowest BCUT2D eigenvalue weighted by atomic mass is 9.99. The van der Waals surface area contributed by atoms with Gasteiger partial charge in [0.05, 0.1) is 18.4 Å². The van der Waals surface area contributed by atoms with Crippen LogP contribution in [0.1, 0.15) is 23.1 Å². The number of methoxy groups -OCH3 is 1. The van der Waals surface area contributed by atoms with Gasteiger partial charge in [0.15, 0.2) is 0 Å². The molecule has 1 N–H and O–H groups in total. The van der Waals surface area contributed by atoms with E-state index in [2.05, 4.69) is 0 Å². The quantitative estimate of drug-likeness (QED) is 0.378. The van der Waals surface area contributed by atoms with Crippen molar-refractivity contribution in [3.63, 3.8) is 0 Å². The van der Waals surface area contributed by atoms with Crippen molar-refractivity contribution in [2.45, 2.75) is 13.0 Å². The monoisotopic (exact) mass is 425 g/mol. The second-order valence-corrected chi connectivity index (χ2v) is 6.94. The number of ether oxygens (including phenoxy) is 1. The number of rotatable bonds is 4. The molecule has 1 aliphatic heterocycles. The lowest BCUT2D eigenvalue weighted by Crippen LogP contribution is -2.30. The average molecular weight is 425 g/mol. The highest BCUT2D eigenvalue weighted by Crippen LogP contribution is 2.43. The van der Waals surface area contributed by atoms with Crippen molar-refractivity contribution in [1.29, 1.82) is 0 Å². The number of carbonyl (C=O) groups excluding carboxylic acids is 2. The fourth-order valence-electron chi connectivity index (χ4n) is 3.53. The molecule has 1 fully saturated rings. The van der Waals surface area contributed by atoms with E-state index in [4.69, 9.17) is 9.15 Å². The number of aliphatic hydroxyl groups is 1. The number of furan rings is 1. The van der Waals surface area contributed by atoms with Crippen molar-refractivity contribution in [1.82, 2.24) is 0 Å². The number of benzene rings is 2. The van der Waals surface area contributed by atoms with Crippen LogP contribution in [-0.2, 0) is 9.59 Å². The van der Waals surface area contributed by atoms with Gasteiger partial charge in [-0.15, -0.1) is 0 Å². The van der Waals surface area contributed by atoms with Gasteiger partial charge in [-0.25, -0.2) is 8.78 Å². The summed E-state index contributed by atoms with van der Waals surface area (Å²) in [5.41, 5.74) is -0.323. The molecular formula is C23H17F2NO5. The number of aliphatic hydroxyl groups excluding tert-OH is 1. The van der Waals surface area contributed by atoms with Crippen LogP contribution >= 0.6 is 0 Å². The van der Waals surface area contributed by atoms with Crippen LogP contribution in [0.15, 0.2) is 64.6 Å². The highest BCUT2D eigenvalue weighted by atomic mass is 19.1. The van der Waals surface area contributed by atoms with E-state index in [9.17, 15) is 23.5 Å². The summed E-state index contributed by atoms with van der Waals surface area (Å²) in [7, 11) is 1.48. The van der Waals surface area contributed by atoms with Gasteiger partial charge in [0.2, 0.25) is 0 Å². The number of halogens is 2. The van der Waals surface area contributed by atoms with Crippen LogP contribution in [0.3, 0.4) is 0 Å². The molecule has 1 unspecified atom stereocenters. The number of amides is 1. The van der Waals surface area contributed by atoms with Gasteiger partial charge in [-0.2, -0.15) is 0 Å². The molecule has 2 aromatic carbocycles. The summed E-state index contributed by atoms with van der Waals surface area (Å²) in [6.45, 7) is 1.66. The van der Waals surface area contributed by atoms with Crippen molar-refractivity contribution in [2.75, 3.05) is 12.0 Å². The maximum atomic E-state index is 14.6. The molecule has 1 amide bonds. The number of hydrogen-bond donors (Lipinski definition) is 1. The van der Waals surface area contributed by atoms with Gasteiger partial charge < -0.3 is 14.3 Å². The first kappa shape index (κ1) is 20.3. The van der Waals surface area contributed by atoms with E-state index in [0.29, 0.717) is 17.6 Å². The summed E-state index contributed by atoms with van der Waals surface area (Å²) >= 11 is 0. The van der Waals surface area contributed by atoms with Crippen LogP contribution in [-0.4, -0.2) is 23.9 Å². The molecule has 2 heterocycles. The number of carbonyl (C=O) groups is 2. The Morgan fingerprint density at radius 3 is 2.35 bits per heavy atom. The number of aryl methyl sites for hydroxylation is 1. The topological polar surface area (TPSA) is 80.0 Å². The Morgan fingerprint density at radius 1 is 1.06 bits per heavy atom. The highest BCUT2D eigenvalue weighted by molar-refractivity contribution is 6.51. The standard InChI is InChI=1S/C23H17F2NO5/c1-12-3-10-18(31-12)20-19(21(27)13-4-7-15(30-2)8-5-13)22(28)23(29)26(20)17-9-6-14(24)11-16(17)25/h3-11,20,27H,1-2H3/b21-19-. The van der Waals surface area contributed by atoms with Crippen LogP contribution < -0.4 is 9.64 Å². The number of nitrogens with zero attached hydrogens (tertiary/aromatic N) is 1. The van der Waals surface area contributed by atoms with Crippen LogP contribution in [0.5, 0.6) is 5.75 Å². The summed E-state index contributed by atoms with van der Waals surface area (Å²) in [4.78, 5) is 26.7. The third-order valence-electron chi connectivity index (χ3n) is 5.01. The zero-order chi connectivity index (χ0) is 22.3. The fourth-order valence-corrected chi connectivity index (χ4v) is 3.53. The molecule has 0 spiro atoms. The summed E-state index contributed by atoms with van der Waals surface area (Å²) in [6.07, 6.45) is 0. The van der Waals surface area contributed by atoms with E-state index in [0.717, 1.165) is 17.0 Å². The molecule has 1 aromatic heterocycles. The molecule has 0 radical (unpaired) electrons. The van der Waals surface area contributed by atoms with Crippen molar-refractivity contribution in [3.8, 4) is 5.75 Å². The van der Waals surface area contributed by atoms with Crippen LogP contribution in [0.2, 0.25) is 0 Å². The molecule has 31 heavy (non-hydrogen) atoms. The molecule has 3 aromatic rings. The Hall–Kier alpha value is -3.94. The van der Waals surface area contributed by atoms with Crippen LogP contribution in [0.4, 0.5) is 14.5 Å². The van der Waals surface area contributed by atoms with Gasteiger partial charge in [-0.1, -0.05) is 0 Å². The van der Waals surface area contributed by atoms with Gasteiger partial charge in [0.25, 0.3) is 11.7 Å². The first-order chi connectivity index (χ1) is 14.8. The number of hydrogen-bond acceptors (Lipinski definition) is 5. The van der Waals surface area contributed by atoms with Gasteiger partial charge in [-0.3, -0.25) is 14.5 Å². The van der Waals surface area contributed by atoms with Gasteiger partial charge >= 0.3 is 0 Å². The van der Waals surface area contributed by atoms with Gasteiger partial charge in [-0.05, 0) is 55.5 Å². The zero-order valence-corrected chi connectivity index (χ0v) is 16.6. The predicted octanol–water partition coefficient (Wildman–Crippen LogP) is 4.50. The molecule has 0 aliphatic carbocycles. The van der Waals surface area contributed by atoms with Crippen molar-refractivity contribution < 1.29 is 32.6 Å². The van der Waals surface area contributed by atoms with E-state index in [-0.39, 0.29) is 22.6 Å².